The van der Waals surface area contributed by atoms with Gasteiger partial charge in [0.05, 0.1) is 12.0 Å². The Balaban J connectivity index is 1.59. The molecule has 0 saturated carbocycles. The largest absolute Gasteiger partial charge is 0.506 e. The molecule has 4 aromatic rings. The maximum Gasteiger partial charge on any atom is 0.263 e. The molecule has 2 N–H and O–H groups in total. The average molecular weight is 406 g/mol. The number of hydrogen-bond acceptors (Lipinski definition) is 5. The number of hydrogen-bond donors (Lipinski definition) is 2. The van der Waals surface area contributed by atoms with E-state index >= 15 is 0 Å². The zero-order chi connectivity index (χ0) is 20.4. The summed E-state index contributed by atoms with van der Waals surface area (Å²) in [5.74, 6) is 0.886. The lowest BCUT2D eigenvalue weighted by molar-refractivity contribution is 0.415. The number of nitrogens with zero attached hydrogens (tertiary/aromatic N) is 1. The van der Waals surface area contributed by atoms with E-state index in [1.54, 1.807) is 55.6 Å². The Bertz CT molecular complexity index is 1270. The van der Waals surface area contributed by atoms with Crippen LogP contribution in [0.15, 0.2) is 83.8 Å². The number of para-hydroxylation sites is 1. The summed E-state index contributed by atoms with van der Waals surface area (Å²) in [6, 6.07) is 22.4. The van der Waals surface area contributed by atoms with Crippen LogP contribution < -0.4 is 9.46 Å². The summed E-state index contributed by atoms with van der Waals surface area (Å²) in [5, 5.41) is 10.7. The molecule has 0 radical (unpaired) electrons. The second kappa shape index (κ2) is 7.44. The molecule has 4 rings (SSSR count). The third-order valence-corrected chi connectivity index (χ3v) is 5.90. The first-order valence-electron chi connectivity index (χ1n) is 8.82. The molecule has 0 aliphatic heterocycles. The highest BCUT2D eigenvalue weighted by molar-refractivity contribution is 7.92. The van der Waals surface area contributed by atoms with E-state index in [9.17, 15) is 13.5 Å². The molecule has 0 aliphatic carbocycles. The second-order valence-corrected chi connectivity index (χ2v) is 8.09. The molecule has 3 aromatic carbocycles. The molecule has 1 heterocycles. The predicted molar refractivity (Wildman–Crippen MR) is 113 cm³/mol. The Labute approximate surface area is 168 Å². The maximum atomic E-state index is 12.7. The number of fused-ring (bicyclic) bond motifs is 1. The molecular weight excluding hydrogens is 388 g/mol. The molecule has 7 heteroatoms. The molecule has 6 nitrogen and oxygen atoms in total. The monoisotopic (exact) mass is 406 g/mol. The van der Waals surface area contributed by atoms with Crippen LogP contribution >= 0.6 is 0 Å². The first-order valence-corrected chi connectivity index (χ1v) is 10.3. The van der Waals surface area contributed by atoms with Gasteiger partial charge in [0.25, 0.3) is 10.0 Å². The highest BCUT2D eigenvalue weighted by Crippen LogP contribution is 2.26. The van der Waals surface area contributed by atoms with Crippen LogP contribution in [0.1, 0.15) is 0 Å². The lowest BCUT2D eigenvalue weighted by Gasteiger charge is -2.10. The fraction of sp³-hybridized carbons (Fsp3) is 0.0455. The fourth-order valence-corrected chi connectivity index (χ4v) is 4.00. The minimum absolute atomic E-state index is 0.00704. The number of ether oxygens (including phenoxy) is 1. The summed E-state index contributed by atoms with van der Waals surface area (Å²) in [5.41, 5.74) is 2.18. The van der Waals surface area contributed by atoms with E-state index in [1.807, 2.05) is 24.3 Å². The van der Waals surface area contributed by atoms with E-state index in [2.05, 4.69) is 9.71 Å². The van der Waals surface area contributed by atoms with Crippen molar-refractivity contribution in [3.63, 3.8) is 0 Å². The van der Waals surface area contributed by atoms with Crippen LogP contribution in [-0.4, -0.2) is 25.6 Å². The van der Waals surface area contributed by atoms with Gasteiger partial charge in [0.15, 0.2) is 0 Å². The molecule has 1 aromatic heterocycles. The molecule has 146 valence electrons. The average Bonchev–Trinajstić information content (AvgIpc) is 2.74. The standard InChI is InChI=1S/C22H18N2O4S/c1-28-18-10-5-15(6-11-18)16-7-12-19(13-8-16)29(26,27)24-21-14-9-17-3-2-4-20(25)22(17)23-21/h2-14,25H,1H3,(H,23,24). The SMILES string of the molecule is COc1ccc(-c2ccc(S(=O)(=O)Nc3ccc4cccc(O)c4n3)cc2)cc1. The molecule has 0 atom stereocenters. The maximum absolute atomic E-state index is 12.7. The zero-order valence-electron chi connectivity index (χ0n) is 15.5. The van der Waals surface area contributed by atoms with E-state index in [0.29, 0.717) is 5.52 Å². The number of phenolic OH excluding ortho intramolecular Hbond substituents is 1. The van der Waals surface area contributed by atoms with Crippen LogP contribution in [0.5, 0.6) is 11.5 Å². The number of benzene rings is 3. The Morgan fingerprint density at radius 2 is 1.52 bits per heavy atom. The van der Waals surface area contributed by atoms with Crippen molar-refractivity contribution in [1.82, 2.24) is 4.98 Å². The minimum atomic E-state index is -3.82. The Hall–Kier alpha value is -3.58. The molecule has 0 bridgehead atoms. The van der Waals surface area contributed by atoms with Crippen LogP contribution in [0.2, 0.25) is 0 Å². The number of anilines is 1. The first-order chi connectivity index (χ1) is 14.0. The van der Waals surface area contributed by atoms with Crippen LogP contribution in [0, 0.1) is 0 Å². The number of phenols is 1. The predicted octanol–water partition coefficient (Wildman–Crippen LogP) is 4.42. The highest BCUT2D eigenvalue weighted by Gasteiger charge is 2.15. The Kier molecular flexibility index (Phi) is 4.82. The number of rotatable bonds is 5. The summed E-state index contributed by atoms with van der Waals surface area (Å²) < 4.78 is 33.1. The summed E-state index contributed by atoms with van der Waals surface area (Å²) in [6.45, 7) is 0. The van der Waals surface area contributed by atoms with Crippen LogP contribution in [0.3, 0.4) is 0 Å². The van der Waals surface area contributed by atoms with Gasteiger partial charge in [-0.1, -0.05) is 36.4 Å². The minimum Gasteiger partial charge on any atom is -0.506 e. The smallest absolute Gasteiger partial charge is 0.263 e. The Morgan fingerprint density at radius 3 is 2.17 bits per heavy atom. The summed E-state index contributed by atoms with van der Waals surface area (Å²) in [7, 11) is -2.21. The number of methoxy groups -OCH3 is 1. The van der Waals surface area contributed by atoms with Gasteiger partial charge in [0, 0.05) is 5.39 Å². The third-order valence-electron chi connectivity index (χ3n) is 4.53. The van der Waals surface area contributed by atoms with E-state index in [4.69, 9.17) is 4.74 Å². The van der Waals surface area contributed by atoms with Crippen molar-refractivity contribution in [3.8, 4) is 22.6 Å². The van der Waals surface area contributed by atoms with E-state index < -0.39 is 10.0 Å². The number of pyridine rings is 1. The number of aromatic nitrogens is 1. The van der Waals surface area contributed by atoms with Gasteiger partial charge in [-0.3, -0.25) is 4.72 Å². The van der Waals surface area contributed by atoms with Crippen LogP contribution in [-0.2, 0) is 10.0 Å². The molecule has 29 heavy (non-hydrogen) atoms. The van der Waals surface area contributed by atoms with E-state index in [-0.39, 0.29) is 16.5 Å². The van der Waals surface area contributed by atoms with Crippen molar-refractivity contribution in [3.05, 3.63) is 78.9 Å². The van der Waals surface area contributed by atoms with Crippen molar-refractivity contribution >= 4 is 26.7 Å². The third kappa shape index (κ3) is 3.86. The summed E-state index contributed by atoms with van der Waals surface area (Å²) in [4.78, 5) is 4.33. The quantitative estimate of drug-likeness (QED) is 0.512. The van der Waals surface area contributed by atoms with Crippen molar-refractivity contribution < 1.29 is 18.3 Å². The molecule has 0 saturated heterocycles. The van der Waals surface area contributed by atoms with Gasteiger partial charge in [0.1, 0.15) is 22.8 Å². The van der Waals surface area contributed by atoms with Crippen LogP contribution in [0.25, 0.3) is 22.0 Å². The first kappa shape index (κ1) is 18.8. The summed E-state index contributed by atoms with van der Waals surface area (Å²) in [6.07, 6.45) is 0. The van der Waals surface area contributed by atoms with Gasteiger partial charge < -0.3 is 9.84 Å². The normalized spacial score (nSPS) is 11.3. The number of sulfonamides is 1. The van der Waals surface area contributed by atoms with Gasteiger partial charge in [0.2, 0.25) is 0 Å². The molecule has 0 spiro atoms. The molecule has 0 unspecified atom stereocenters. The Morgan fingerprint density at radius 1 is 0.862 bits per heavy atom. The summed E-state index contributed by atoms with van der Waals surface area (Å²) >= 11 is 0. The van der Waals surface area contributed by atoms with Crippen molar-refractivity contribution in [2.45, 2.75) is 4.90 Å². The zero-order valence-corrected chi connectivity index (χ0v) is 16.3. The van der Waals surface area contributed by atoms with Crippen molar-refractivity contribution in [2.75, 3.05) is 11.8 Å². The molecule has 0 amide bonds. The van der Waals surface area contributed by atoms with Crippen LogP contribution in [0.4, 0.5) is 5.82 Å². The number of aromatic hydroxyl groups is 1. The van der Waals surface area contributed by atoms with Gasteiger partial charge in [-0.05, 0) is 53.6 Å². The molecule has 0 aliphatic rings. The van der Waals surface area contributed by atoms with E-state index in [1.165, 1.54) is 6.07 Å². The van der Waals surface area contributed by atoms with E-state index in [0.717, 1.165) is 22.3 Å². The molecule has 0 fully saturated rings. The molecular formula is C22H18N2O4S. The topological polar surface area (TPSA) is 88.5 Å². The van der Waals surface area contributed by atoms with Gasteiger partial charge in [-0.25, -0.2) is 13.4 Å². The highest BCUT2D eigenvalue weighted by atomic mass is 32.2. The fourth-order valence-electron chi connectivity index (χ4n) is 2.99. The second-order valence-electron chi connectivity index (χ2n) is 6.40. The van der Waals surface area contributed by atoms with Crippen molar-refractivity contribution in [1.29, 1.82) is 0 Å². The van der Waals surface area contributed by atoms with Gasteiger partial charge in [-0.2, -0.15) is 0 Å². The number of nitrogens with one attached hydrogen (secondary N) is 1. The lowest BCUT2D eigenvalue weighted by atomic mass is 10.1. The van der Waals surface area contributed by atoms with Gasteiger partial charge >= 0.3 is 0 Å². The lowest BCUT2D eigenvalue weighted by Crippen LogP contribution is -2.13. The van der Waals surface area contributed by atoms with Gasteiger partial charge in [-0.15, -0.1) is 0 Å². The van der Waals surface area contributed by atoms with Crippen molar-refractivity contribution in [2.24, 2.45) is 0 Å².